The molecule has 2 aromatic rings. The number of thiazole rings is 1. The number of carbonyl (C=O) groups is 1. The van der Waals surface area contributed by atoms with Crippen molar-refractivity contribution in [3.63, 3.8) is 0 Å². The Kier molecular flexibility index (Phi) is 6.74. The number of pyridine rings is 1. The number of carbonyl (C=O) groups excluding carboxylic acids is 1. The number of hydrogen-bond acceptors (Lipinski definition) is 7. The number of hydrogen-bond donors (Lipinski definition) is 1. The predicted octanol–water partition coefficient (Wildman–Crippen LogP) is 3.37. The lowest BCUT2D eigenvalue weighted by Gasteiger charge is -2.33. The van der Waals surface area contributed by atoms with Gasteiger partial charge in [0, 0.05) is 37.3 Å². The van der Waals surface area contributed by atoms with Gasteiger partial charge in [0.25, 0.3) is 0 Å². The first-order chi connectivity index (χ1) is 14.2. The van der Waals surface area contributed by atoms with Crippen LogP contribution in [0.2, 0.25) is 0 Å². The molecule has 0 saturated carbocycles. The van der Waals surface area contributed by atoms with Crippen LogP contribution in [0.25, 0.3) is 0 Å². The van der Waals surface area contributed by atoms with Gasteiger partial charge in [-0.05, 0) is 31.9 Å². The van der Waals surface area contributed by atoms with Crippen molar-refractivity contribution in [3.8, 4) is 0 Å². The quantitative estimate of drug-likeness (QED) is 0.807. The van der Waals surface area contributed by atoms with Crippen molar-refractivity contribution in [3.05, 3.63) is 35.0 Å². The van der Waals surface area contributed by atoms with Gasteiger partial charge in [0.2, 0.25) is 5.91 Å². The van der Waals surface area contributed by atoms with E-state index in [0.29, 0.717) is 19.7 Å². The predicted molar refractivity (Wildman–Crippen MR) is 115 cm³/mol. The Morgan fingerprint density at radius 1 is 1.24 bits per heavy atom. The van der Waals surface area contributed by atoms with Gasteiger partial charge in [-0.3, -0.25) is 9.69 Å². The van der Waals surface area contributed by atoms with E-state index in [1.165, 1.54) is 12.8 Å². The van der Waals surface area contributed by atoms with Gasteiger partial charge in [-0.15, -0.1) is 11.3 Å². The smallest absolute Gasteiger partial charge is 0.236 e. The molecule has 29 heavy (non-hydrogen) atoms. The first-order valence-corrected chi connectivity index (χ1v) is 11.3. The molecule has 0 aliphatic carbocycles. The molecular formula is C21H29N5O2S. The maximum Gasteiger partial charge on any atom is 0.236 e. The van der Waals surface area contributed by atoms with Gasteiger partial charge in [-0.25, -0.2) is 9.97 Å². The van der Waals surface area contributed by atoms with Crippen LogP contribution in [0.5, 0.6) is 0 Å². The summed E-state index contributed by atoms with van der Waals surface area (Å²) in [6.45, 7) is 6.39. The fourth-order valence-corrected chi connectivity index (χ4v) is 4.53. The summed E-state index contributed by atoms with van der Waals surface area (Å²) < 4.78 is 5.98. The minimum absolute atomic E-state index is 0.125. The van der Waals surface area contributed by atoms with Crippen LogP contribution in [0.15, 0.2) is 24.4 Å². The van der Waals surface area contributed by atoms with E-state index in [1.54, 1.807) is 11.3 Å². The number of likely N-dealkylation sites (tertiary alicyclic amines) is 1. The lowest BCUT2D eigenvalue weighted by atomic mass is 10.2. The molecule has 1 amide bonds. The summed E-state index contributed by atoms with van der Waals surface area (Å²) in [5.41, 5.74) is 0.884. The highest BCUT2D eigenvalue weighted by atomic mass is 32.1. The van der Waals surface area contributed by atoms with Crippen molar-refractivity contribution in [2.75, 3.05) is 44.6 Å². The van der Waals surface area contributed by atoms with Crippen molar-refractivity contribution >= 4 is 28.2 Å². The maximum atomic E-state index is 12.7. The van der Waals surface area contributed by atoms with Crippen LogP contribution in [-0.2, 0) is 9.53 Å². The van der Waals surface area contributed by atoms with E-state index >= 15 is 0 Å². The van der Waals surface area contributed by atoms with E-state index in [-0.39, 0.29) is 12.0 Å². The Hall–Kier alpha value is -2.03. The third-order valence-corrected chi connectivity index (χ3v) is 6.25. The molecule has 1 unspecified atom stereocenters. The lowest BCUT2D eigenvalue weighted by molar-refractivity contribution is -0.134. The number of aromatic nitrogens is 2. The number of anilines is 2. The van der Waals surface area contributed by atoms with Gasteiger partial charge < -0.3 is 15.0 Å². The van der Waals surface area contributed by atoms with Crippen molar-refractivity contribution in [1.82, 2.24) is 19.8 Å². The highest BCUT2D eigenvalue weighted by Gasteiger charge is 2.26. The van der Waals surface area contributed by atoms with Gasteiger partial charge in [-0.2, -0.15) is 0 Å². The molecule has 1 N–H and O–H groups in total. The number of ether oxygens (including phenoxy) is 1. The molecule has 2 saturated heterocycles. The second-order valence-corrected chi connectivity index (χ2v) is 8.97. The minimum Gasteiger partial charge on any atom is -0.369 e. The van der Waals surface area contributed by atoms with Crippen LogP contribution in [0.1, 0.15) is 42.4 Å². The zero-order chi connectivity index (χ0) is 20.1. The molecule has 0 spiro atoms. The minimum atomic E-state index is -0.125. The summed E-state index contributed by atoms with van der Waals surface area (Å²) in [7, 11) is 0. The van der Waals surface area contributed by atoms with E-state index in [2.05, 4.69) is 15.2 Å². The van der Waals surface area contributed by atoms with Gasteiger partial charge >= 0.3 is 0 Å². The number of nitrogens with zero attached hydrogens (tertiary/aromatic N) is 4. The number of amides is 1. The number of rotatable bonds is 5. The molecule has 2 aliphatic rings. The summed E-state index contributed by atoms with van der Waals surface area (Å²) in [5.74, 6) is 1.01. The Balaban J connectivity index is 1.36. The van der Waals surface area contributed by atoms with E-state index in [9.17, 15) is 4.79 Å². The third-order valence-electron chi connectivity index (χ3n) is 5.42. The molecule has 4 rings (SSSR count). The molecule has 156 valence electrons. The number of nitrogens with one attached hydrogen (secondary N) is 1. The molecule has 2 aromatic heterocycles. The monoisotopic (exact) mass is 415 g/mol. The molecule has 0 aromatic carbocycles. The first-order valence-electron chi connectivity index (χ1n) is 10.5. The van der Waals surface area contributed by atoms with E-state index in [4.69, 9.17) is 9.72 Å². The summed E-state index contributed by atoms with van der Waals surface area (Å²) in [6, 6.07) is 5.91. The average Bonchev–Trinajstić information content (AvgIpc) is 2.96. The summed E-state index contributed by atoms with van der Waals surface area (Å²) in [6.07, 6.45) is 6.44. The highest BCUT2D eigenvalue weighted by molar-refractivity contribution is 7.15. The normalized spacial score (nSPS) is 21.0. The molecule has 0 radical (unpaired) electrons. The van der Waals surface area contributed by atoms with Crippen molar-refractivity contribution in [2.45, 2.75) is 38.7 Å². The van der Waals surface area contributed by atoms with E-state index in [1.807, 2.05) is 36.2 Å². The van der Waals surface area contributed by atoms with Crippen LogP contribution in [-0.4, -0.2) is 65.0 Å². The van der Waals surface area contributed by atoms with E-state index in [0.717, 1.165) is 54.0 Å². The van der Waals surface area contributed by atoms with Gasteiger partial charge in [0.1, 0.15) is 11.9 Å². The molecule has 1 atom stereocenters. The van der Waals surface area contributed by atoms with Crippen molar-refractivity contribution in [1.29, 1.82) is 0 Å². The van der Waals surface area contributed by atoms with Gasteiger partial charge in [0.15, 0.2) is 5.13 Å². The Bertz CT molecular complexity index is 819. The Morgan fingerprint density at radius 2 is 2.07 bits per heavy atom. The summed E-state index contributed by atoms with van der Waals surface area (Å²) >= 11 is 1.60. The molecular weight excluding hydrogens is 386 g/mol. The summed E-state index contributed by atoms with van der Waals surface area (Å²) in [4.78, 5) is 27.2. The van der Waals surface area contributed by atoms with Crippen LogP contribution < -0.4 is 5.32 Å². The average molecular weight is 416 g/mol. The maximum absolute atomic E-state index is 12.7. The van der Waals surface area contributed by atoms with Crippen LogP contribution in [0.4, 0.5) is 10.9 Å². The van der Waals surface area contributed by atoms with Gasteiger partial charge in [0.05, 0.1) is 18.8 Å². The van der Waals surface area contributed by atoms with Crippen molar-refractivity contribution in [2.24, 2.45) is 0 Å². The second-order valence-electron chi connectivity index (χ2n) is 7.74. The molecule has 8 heteroatoms. The molecule has 4 heterocycles. The molecule has 7 nitrogen and oxygen atoms in total. The molecule has 2 fully saturated rings. The fraction of sp³-hybridized carbons (Fsp3) is 0.571. The first kappa shape index (κ1) is 20.3. The largest absolute Gasteiger partial charge is 0.369 e. The fourth-order valence-electron chi connectivity index (χ4n) is 3.86. The van der Waals surface area contributed by atoms with Gasteiger partial charge in [-0.1, -0.05) is 18.9 Å². The topological polar surface area (TPSA) is 70.6 Å². The Morgan fingerprint density at radius 3 is 2.83 bits per heavy atom. The highest BCUT2D eigenvalue weighted by Crippen LogP contribution is 2.25. The number of morpholine rings is 1. The lowest BCUT2D eigenvalue weighted by Crippen LogP contribution is -2.46. The third kappa shape index (κ3) is 5.52. The summed E-state index contributed by atoms with van der Waals surface area (Å²) in [5, 5.41) is 4.10. The van der Waals surface area contributed by atoms with Crippen LogP contribution in [0.3, 0.4) is 0 Å². The second kappa shape index (κ2) is 9.65. The van der Waals surface area contributed by atoms with E-state index < -0.39 is 0 Å². The zero-order valence-corrected chi connectivity index (χ0v) is 17.8. The van der Waals surface area contributed by atoms with Crippen LogP contribution in [0, 0.1) is 6.92 Å². The Labute approximate surface area is 176 Å². The van der Waals surface area contributed by atoms with Crippen molar-refractivity contribution < 1.29 is 9.53 Å². The van der Waals surface area contributed by atoms with Crippen LogP contribution >= 0.6 is 11.3 Å². The SMILES string of the molecule is Cc1cnc(Nc2cccc(C3CN(CC(=O)N4CCCCCC4)CCO3)n2)s1. The standard InChI is InChI=1S/C21H29N5O2S/c1-16-13-22-21(29-16)24-19-8-6-7-17(23-19)18-14-25(11-12-28-18)15-20(27)26-9-4-2-3-5-10-26/h6-8,13,18H,2-5,9-12,14-15H2,1H3,(H,22,23,24). The number of aryl methyl sites for hydroxylation is 1. The zero-order valence-electron chi connectivity index (χ0n) is 17.0. The molecule has 2 aliphatic heterocycles. The molecule has 0 bridgehead atoms.